The minimum Gasteiger partial charge on any atom is -0.307 e. The second-order valence-corrected chi connectivity index (χ2v) is 15.6. The molecule has 0 aliphatic heterocycles. The molecule has 0 aliphatic carbocycles. The predicted molar refractivity (Wildman–Crippen MR) is 256 cm³/mol. The maximum absolute atomic E-state index is 5.27. The van der Waals surface area contributed by atoms with Gasteiger partial charge in [0.25, 0.3) is 0 Å². The van der Waals surface area contributed by atoms with Crippen LogP contribution in [-0.2, 0) is 0 Å². The van der Waals surface area contributed by atoms with Crippen LogP contribution in [0, 0.1) is 0 Å². The highest BCUT2D eigenvalue weighted by molar-refractivity contribution is 6.23. The summed E-state index contributed by atoms with van der Waals surface area (Å²) < 4.78 is 4.66. The van der Waals surface area contributed by atoms with Crippen molar-refractivity contribution in [1.29, 1.82) is 0 Å². The van der Waals surface area contributed by atoms with E-state index in [9.17, 15) is 0 Å². The van der Waals surface area contributed by atoms with Crippen LogP contribution < -0.4 is 0 Å². The van der Waals surface area contributed by atoms with Gasteiger partial charge >= 0.3 is 0 Å². The minimum absolute atomic E-state index is 0.566. The van der Waals surface area contributed by atoms with Gasteiger partial charge < -0.3 is 4.57 Å². The van der Waals surface area contributed by atoms with E-state index in [1.807, 2.05) is 36.4 Å². The lowest BCUT2D eigenvalue weighted by Crippen LogP contribution is -2.07. The van der Waals surface area contributed by atoms with E-state index in [2.05, 4.69) is 197 Å². The monoisotopic (exact) mass is 791 g/mol. The Kier molecular flexibility index (Phi) is 8.42. The van der Waals surface area contributed by atoms with Gasteiger partial charge in [-0.2, -0.15) is 9.97 Å². The summed E-state index contributed by atoms with van der Waals surface area (Å²) in [5.74, 6) is 1.81. The van der Waals surface area contributed by atoms with Crippen LogP contribution in [0.4, 0.5) is 0 Å². The van der Waals surface area contributed by atoms with Crippen molar-refractivity contribution < 1.29 is 0 Å². The summed E-state index contributed by atoms with van der Waals surface area (Å²) in [6.45, 7) is 0. The summed E-state index contributed by atoms with van der Waals surface area (Å²) in [5.41, 5.74) is 14.4. The van der Waals surface area contributed by atoms with Crippen molar-refractivity contribution in [2.45, 2.75) is 0 Å². The molecule has 0 spiro atoms. The van der Waals surface area contributed by atoms with Crippen molar-refractivity contribution in [3.05, 3.63) is 224 Å². The van der Waals surface area contributed by atoms with Crippen LogP contribution in [0.2, 0.25) is 0 Å². The van der Waals surface area contributed by atoms with Crippen molar-refractivity contribution in [2.75, 3.05) is 0 Å². The van der Waals surface area contributed by atoms with Crippen LogP contribution in [0.1, 0.15) is 0 Å². The lowest BCUT2D eigenvalue weighted by atomic mass is 9.89. The molecule has 0 N–H and O–H groups in total. The Bertz CT molecular complexity index is 3550. The lowest BCUT2D eigenvalue weighted by molar-refractivity contribution is 0.953. The summed E-state index contributed by atoms with van der Waals surface area (Å²) in [6.07, 6.45) is 0. The first-order valence-corrected chi connectivity index (χ1v) is 21.0. The molecule has 12 rings (SSSR count). The molecule has 0 radical (unpaired) electrons. The number of para-hydroxylation sites is 2. The molecule has 12 aromatic rings. The summed E-state index contributed by atoms with van der Waals surface area (Å²) in [7, 11) is 0. The van der Waals surface area contributed by atoms with Gasteiger partial charge in [-0.05, 0) is 57.6 Å². The fourth-order valence-corrected chi connectivity index (χ4v) is 9.22. The highest BCUT2D eigenvalue weighted by Gasteiger charge is 2.23. The second kappa shape index (κ2) is 14.7. The Morgan fingerprint density at radius 1 is 0.258 bits per heavy atom. The molecule has 0 unspecified atom stereocenters. The molecule has 0 bridgehead atoms. The summed E-state index contributed by atoms with van der Waals surface area (Å²) in [6, 6.07) is 79.3. The number of fused-ring (bicyclic) bond motifs is 7. The van der Waals surface area contributed by atoms with Gasteiger partial charge in [0.05, 0.1) is 22.1 Å². The zero-order valence-corrected chi connectivity index (χ0v) is 33.6. The number of nitrogens with zero attached hydrogens (tertiary/aromatic N) is 5. The number of rotatable bonds is 7. The van der Waals surface area contributed by atoms with Crippen LogP contribution in [0.3, 0.4) is 0 Å². The van der Waals surface area contributed by atoms with Gasteiger partial charge in [0.1, 0.15) is 0 Å². The van der Waals surface area contributed by atoms with E-state index in [0.717, 1.165) is 60.6 Å². The third-order valence-electron chi connectivity index (χ3n) is 12.0. The number of aromatic nitrogens is 5. The Labute approximate surface area is 358 Å². The fourth-order valence-electron chi connectivity index (χ4n) is 9.22. The van der Waals surface area contributed by atoms with Gasteiger partial charge in [-0.3, -0.25) is 4.57 Å². The van der Waals surface area contributed by atoms with E-state index in [1.54, 1.807) is 0 Å². The van der Waals surface area contributed by atoms with Crippen molar-refractivity contribution in [3.63, 3.8) is 0 Å². The highest BCUT2D eigenvalue weighted by Crippen LogP contribution is 2.43. The van der Waals surface area contributed by atoms with Crippen LogP contribution in [0.5, 0.6) is 0 Å². The molecule has 290 valence electrons. The number of benzene rings is 9. The van der Waals surface area contributed by atoms with Crippen molar-refractivity contribution in [3.8, 4) is 67.8 Å². The van der Waals surface area contributed by atoms with Crippen LogP contribution in [0.15, 0.2) is 224 Å². The molecule has 5 heteroatoms. The average Bonchev–Trinajstić information content (AvgIpc) is 3.88. The third-order valence-corrected chi connectivity index (χ3v) is 12.0. The summed E-state index contributed by atoms with van der Waals surface area (Å²) in [5, 5.41) is 4.60. The SMILES string of the molecule is c1ccc(-c2nc(-c3ccccc3)nc(-n3c4ccccc4c4ccc5c6ccccc6n(-c6ccc(-c7ccccc7-c7ccccc7-c7ccccc7)cc6)c5c43)n2)cc1. The number of hydrogen-bond acceptors (Lipinski definition) is 3. The first kappa shape index (κ1) is 35.5. The summed E-state index contributed by atoms with van der Waals surface area (Å²) in [4.78, 5) is 15.6. The number of hydrogen-bond donors (Lipinski definition) is 0. The molecule has 0 amide bonds. The van der Waals surface area contributed by atoms with E-state index < -0.39 is 0 Å². The Hall–Kier alpha value is -8.41. The zero-order valence-electron chi connectivity index (χ0n) is 33.6. The molecular weight excluding hydrogens is 755 g/mol. The molecular formula is C57H37N5. The predicted octanol–water partition coefficient (Wildman–Crippen LogP) is 14.4. The Balaban J connectivity index is 1.10. The van der Waals surface area contributed by atoms with Crippen LogP contribution in [-0.4, -0.2) is 24.1 Å². The smallest absolute Gasteiger partial charge is 0.238 e. The van der Waals surface area contributed by atoms with E-state index in [0.29, 0.717) is 17.6 Å². The molecule has 3 aromatic heterocycles. The second-order valence-electron chi connectivity index (χ2n) is 15.6. The van der Waals surface area contributed by atoms with Gasteiger partial charge in [0.15, 0.2) is 11.6 Å². The molecule has 0 fully saturated rings. The van der Waals surface area contributed by atoms with Crippen molar-refractivity contribution in [1.82, 2.24) is 24.1 Å². The largest absolute Gasteiger partial charge is 0.307 e. The van der Waals surface area contributed by atoms with Gasteiger partial charge in [0.2, 0.25) is 5.95 Å². The first-order chi connectivity index (χ1) is 30.8. The van der Waals surface area contributed by atoms with E-state index in [1.165, 1.54) is 33.2 Å². The molecule has 62 heavy (non-hydrogen) atoms. The zero-order chi connectivity index (χ0) is 41.0. The average molecular weight is 792 g/mol. The fraction of sp³-hybridized carbons (Fsp3) is 0. The standard InChI is InChI=1S/C57H37N5/c1-4-18-38(19-5-1)43-24-10-12-26-45(43)46-27-13-11-25-44(46)39-32-34-42(35-33-39)61-51-30-16-14-28-47(51)49-36-37-50-48-29-15-17-31-52(48)62(54(50)53(49)61)57-59-55(40-20-6-2-7-21-40)58-56(60-57)41-22-8-3-9-23-41/h1-37H. The van der Waals surface area contributed by atoms with Crippen LogP contribution >= 0.6 is 0 Å². The van der Waals surface area contributed by atoms with Gasteiger partial charge in [-0.15, -0.1) is 0 Å². The molecule has 0 saturated heterocycles. The van der Waals surface area contributed by atoms with Crippen LogP contribution in [0.25, 0.3) is 111 Å². The Morgan fingerprint density at radius 2 is 0.645 bits per heavy atom. The maximum atomic E-state index is 5.27. The Morgan fingerprint density at radius 3 is 1.16 bits per heavy atom. The molecule has 0 saturated carbocycles. The third kappa shape index (κ3) is 5.82. The normalized spacial score (nSPS) is 11.5. The molecule has 9 aromatic carbocycles. The van der Waals surface area contributed by atoms with Gasteiger partial charge in [-0.25, -0.2) is 4.98 Å². The lowest BCUT2D eigenvalue weighted by Gasteiger charge is -2.16. The molecule has 3 heterocycles. The van der Waals surface area contributed by atoms with E-state index >= 15 is 0 Å². The summed E-state index contributed by atoms with van der Waals surface area (Å²) >= 11 is 0. The van der Waals surface area contributed by atoms with Crippen molar-refractivity contribution in [2.24, 2.45) is 0 Å². The maximum Gasteiger partial charge on any atom is 0.238 e. The van der Waals surface area contributed by atoms with Gasteiger partial charge in [-0.1, -0.05) is 200 Å². The van der Waals surface area contributed by atoms with E-state index in [4.69, 9.17) is 15.0 Å². The molecule has 5 nitrogen and oxygen atoms in total. The van der Waals surface area contributed by atoms with E-state index in [-0.39, 0.29) is 0 Å². The molecule has 0 atom stereocenters. The first-order valence-electron chi connectivity index (χ1n) is 21.0. The topological polar surface area (TPSA) is 48.5 Å². The quantitative estimate of drug-likeness (QED) is 0.162. The van der Waals surface area contributed by atoms with Gasteiger partial charge in [0, 0.05) is 38.4 Å². The minimum atomic E-state index is 0.566. The highest BCUT2D eigenvalue weighted by atomic mass is 15.2. The molecule has 0 aliphatic rings. The van der Waals surface area contributed by atoms with Crippen molar-refractivity contribution >= 4 is 43.6 Å².